The Balaban J connectivity index is 2.18. The van der Waals surface area contributed by atoms with Crippen LogP contribution < -0.4 is 14.8 Å². The van der Waals surface area contributed by atoms with Gasteiger partial charge < -0.3 is 19.5 Å². The van der Waals surface area contributed by atoms with Crippen LogP contribution in [0.1, 0.15) is 18.4 Å². The highest BCUT2D eigenvalue weighted by Crippen LogP contribution is 2.34. The molecular weight excluding hydrogens is 376 g/mol. The molecule has 7 heteroatoms. The van der Waals surface area contributed by atoms with E-state index in [1.807, 2.05) is 6.07 Å². The molecule has 1 aliphatic heterocycles. The Labute approximate surface area is 149 Å². The van der Waals surface area contributed by atoms with Crippen LogP contribution in [-0.2, 0) is 9.53 Å². The average Bonchev–Trinajstić information content (AvgIpc) is 3.11. The van der Waals surface area contributed by atoms with Gasteiger partial charge in [0.05, 0.1) is 24.8 Å². The topological polar surface area (TPSA) is 80.6 Å². The van der Waals surface area contributed by atoms with E-state index < -0.39 is 5.91 Å². The van der Waals surface area contributed by atoms with E-state index in [1.54, 1.807) is 19.2 Å². The second-order valence-electron chi connectivity index (χ2n) is 5.24. The molecule has 1 atom stereocenters. The van der Waals surface area contributed by atoms with Gasteiger partial charge in [-0.05, 0) is 40.9 Å². The number of benzene rings is 1. The van der Waals surface area contributed by atoms with E-state index in [0.717, 1.165) is 19.4 Å². The molecule has 0 radical (unpaired) electrons. The first-order valence-corrected chi connectivity index (χ1v) is 8.31. The van der Waals surface area contributed by atoms with Crippen molar-refractivity contribution in [2.24, 2.45) is 0 Å². The van der Waals surface area contributed by atoms with Crippen molar-refractivity contribution in [2.45, 2.75) is 18.9 Å². The van der Waals surface area contributed by atoms with Gasteiger partial charge in [0.25, 0.3) is 5.91 Å². The first-order valence-electron chi connectivity index (χ1n) is 7.52. The van der Waals surface area contributed by atoms with E-state index in [-0.39, 0.29) is 11.7 Å². The predicted molar refractivity (Wildman–Crippen MR) is 92.8 cm³/mol. The van der Waals surface area contributed by atoms with Crippen LogP contribution in [0.5, 0.6) is 11.5 Å². The smallest absolute Gasteiger partial charge is 0.262 e. The summed E-state index contributed by atoms with van der Waals surface area (Å²) in [6.45, 7) is 1.12. The summed E-state index contributed by atoms with van der Waals surface area (Å²) in [7, 11) is 3.07. The molecule has 1 amide bonds. The average molecular weight is 395 g/mol. The minimum absolute atomic E-state index is 0.00311. The molecule has 1 fully saturated rings. The maximum atomic E-state index is 12.2. The van der Waals surface area contributed by atoms with Crippen LogP contribution in [0.25, 0.3) is 6.08 Å². The van der Waals surface area contributed by atoms with Gasteiger partial charge >= 0.3 is 0 Å². The van der Waals surface area contributed by atoms with E-state index in [9.17, 15) is 10.1 Å². The zero-order valence-electron chi connectivity index (χ0n) is 13.6. The number of carbonyl (C=O) groups excluding carboxylic acids is 1. The lowest BCUT2D eigenvalue weighted by Gasteiger charge is -2.12. The Bertz CT molecular complexity index is 676. The second-order valence-corrected chi connectivity index (χ2v) is 6.10. The van der Waals surface area contributed by atoms with Crippen LogP contribution in [0.3, 0.4) is 0 Å². The predicted octanol–water partition coefficient (Wildman–Crippen LogP) is 2.67. The quantitative estimate of drug-likeness (QED) is 0.592. The largest absolute Gasteiger partial charge is 0.496 e. The Morgan fingerprint density at radius 3 is 2.79 bits per heavy atom. The summed E-state index contributed by atoms with van der Waals surface area (Å²) in [5.41, 5.74) is 0.609. The Morgan fingerprint density at radius 2 is 2.21 bits per heavy atom. The molecule has 0 aromatic heterocycles. The number of hydrogen-bond donors (Lipinski definition) is 1. The molecule has 1 aromatic rings. The van der Waals surface area contributed by atoms with Gasteiger partial charge in [-0.1, -0.05) is 0 Å². The van der Waals surface area contributed by atoms with Crippen molar-refractivity contribution in [2.75, 3.05) is 27.4 Å². The highest BCUT2D eigenvalue weighted by molar-refractivity contribution is 9.10. The number of amides is 1. The first kappa shape index (κ1) is 18.3. The molecule has 2 rings (SSSR count). The van der Waals surface area contributed by atoms with Gasteiger partial charge in [0.15, 0.2) is 0 Å². The van der Waals surface area contributed by atoms with E-state index in [1.165, 1.54) is 13.2 Å². The van der Waals surface area contributed by atoms with Crippen LogP contribution in [-0.4, -0.2) is 39.4 Å². The van der Waals surface area contributed by atoms with Crippen molar-refractivity contribution in [1.29, 1.82) is 5.26 Å². The number of carbonyl (C=O) groups is 1. The van der Waals surface area contributed by atoms with Crippen molar-refractivity contribution in [3.63, 3.8) is 0 Å². The highest BCUT2D eigenvalue weighted by Gasteiger charge is 2.18. The summed E-state index contributed by atoms with van der Waals surface area (Å²) in [6.07, 6.45) is 3.44. The lowest BCUT2D eigenvalue weighted by atomic mass is 10.1. The third-order valence-electron chi connectivity index (χ3n) is 3.68. The van der Waals surface area contributed by atoms with Crippen LogP contribution in [0.4, 0.5) is 0 Å². The number of hydrogen-bond acceptors (Lipinski definition) is 5. The fourth-order valence-electron chi connectivity index (χ4n) is 2.41. The van der Waals surface area contributed by atoms with Crippen molar-refractivity contribution in [3.05, 3.63) is 27.7 Å². The summed E-state index contributed by atoms with van der Waals surface area (Å²) in [6, 6.07) is 5.36. The Hall–Kier alpha value is -2.04. The number of methoxy groups -OCH3 is 2. The molecule has 0 unspecified atom stereocenters. The highest BCUT2D eigenvalue weighted by atomic mass is 79.9. The normalized spacial score (nSPS) is 17.2. The van der Waals surface area contributed by atoms with E-state index in [4.69, 9.17) is 14.2 Å². The fourth-order valence-corrected chi connectivity index (χ4v) is 2.93. The van der Waals surface area contributed by atoms with E-state index in [2.05, 4.69) is 21.2 Å². The summed E-state index contributed by atoms with van der Waals surface area (Å²) in [4.78, 5) is 12.2. The number of nitrogens with one attached hydrogen (secondary N) is 1. The van der Waals surface area contributed by atoms with Gasteiger partial charge in [0, 0.05) is 24.8 Å². The molecule has 6 nitrogen and oxygen atoms in total. The molecule has 1 saturated heterocycles. The van der Waals surface area contributed by atoms with Gasteiger partial charge in [-0.2, -0.15) is 5.26 Å². The molecule has 1 heterocycles. The minimum Gasteiger partial charge on any atom is -0.496 e. The molecule has 0 aliphatic carbocycles. The molecule has 24 heavy (non-hydrogen) atoms. The molecule has 128 valence electrons. The molecule has 0 bridgehead atoms. The number of rotatable bonds is 6. The summed E-state index contributed by atoms with van der Waals surface area (Å²) < 4.78 is 16.7. The van der Waals surface area contributed by atoms with Gasteiger partial charge in [0.1, 0.15) is 23.1 Å². The number of nitrogens with zero attached hydrogens (tertiary/aromatic N) is 1. The number of halogens is 1. The second kappa shape index (κ2) is 8.71. The lowest BCUT2D eigenvalue weighted by molar-refractivity contribution is -0.117. The van der Waals surface area contributed by atoms with Gasteiger partial charge in [0.2, 0.25) is 0 Å². The monoisotopic (exact) mass is 394 g/mol. The standard InChI is InChI=1S/C17H19BrN2O4/c1-22-15-8-16(23-2)14(18)7-11(15)6-12(9-19)17(21)20-10-13-4-3-5-24-13/h6-8,13H,3-5,10H2,1-2H3,(H,20,21)/b12-6+/t13-/m1/s1. The van der Waals surface area contributed by atoms with Crippen LogP contribution in [0.2, 0.25) is 0 Å². The summed E-state index contributed by atoms with van der Waals surface area (Å²) >= 11 is 3.39. The van der Waals surface area contributed by atoms with Crippen LogP contribution in [0.15, 0.2) is 22.2 Å². The van der Waals surface area contributed by atoms with Crippen LogP contribution >= 0.6 is 15.9 Å². The Kier molecular flexibility index (Phi) is 6.64. The summed E-state index contributed by atoms with van der Waals surface area (Å²) in [5.74, 6) is 0.682. The Morgan fingerprint density at radius 1 is 1.46 bits per heavy atom. The molecule has 1 N–H and O–H groups in total. The lowest BCUT2D eigenvalue weighted by Crippen LogP contribution is -2.32. The van der Waals surface area contributed by atoms with E-state index >= 15 is 0 Å². The molecular formula is C17H19BrN2O4. The van der Waals surface area contributed by atoms with Gasteiger partial charge in [-0.25, -0.2) is 0 Å². The third kappa shape index (κ3) is 4.49. The van der Waals surface area contributed by atoms with Crippen molar-refractivity contribution < 1.29 is 19.0 Å². The van der Waals surface area contributed by atoms with Crippen molar-refractivity contribution in [3.8, 4) is 17.6 Å². The van der Waals surface area contributed by atoms with Crippen LogP contribution in [0, 0.1) is 11.3 Å². The number of nitriles is 1. The fraction of sp³-hybridized carbons (Fsp3) is 0.412. The number of ether oxygens (including phenoxy) is 3. The minimum atomic E-state index is -0.429. The zero-order chi connectivity index (χ0) is 17.5. The third-order valence-corrected chi connectivity index (χ3v) is 4.30. The summed E-state index contributed by atoms with van der Waals surface area (Å²) in [5, 5.41) is 12.0. The van der Waals surface area contributed by atoms with Gasteiger partial charge in [-0.3, -0.25) is 4.79 Å². The van der Waals surface area contributed by atoms with Crippen molar-refractivity contribution in [1.82, 2.24) is 5.32 Å². The molecule has 0 spiro atoms. The molecule has 1 aromatic carbocycles. The SMILES string of the molecule is COc1cc(OC)c(/C=C(\C#N)C(=O)NC[C@H]2CCCO2)cc1Br. The van der Waals surface area contributed by atoms with Crippen molar-refractivity contribution >= 4 is 27.9 Å². The maximum absolute atomic E-state index is 12.2. The van der Waals surface area contributed by atoms with E-state index in [0.29, 0.717) is 28.1 Å². The maximum Gasteiger partial charge on any atom is 0.262 e. The zero-order valence-corrected chi connectivity index (χ0v) is 15.2. The molecule has 1 aliphatic rings. The first-order chi connectivity index (χ1) is 11.6. The van der Waals surface area contributed by atoms with Gasteiger partial charge in [-0.15, -0.1) is 0 Å². The molecule has 0 saturated carbocycles.